The Morgan fingerprint density at radius 2 is 1.91 bits per heavy atom. The van der Waals surface area contributed by atoms with E-state index in [-0.39, 0.29) is 18.4 Å². The van der Waals surface area contributed by atoms with Crippen LogP contribution in [0, 0.1) is 6.92 Å². The van der Waals surface area contributed by atoms with Crippen LogP contribution in [0.15, 0.2) is 58.9 Å². The number of benzene rings is 2. The first-order valence-corrected chi connectivity index (χ1v) is 15.6. The molecule has 2 amide bonds. The Morgan fingerprint density at radius 3 is 2.65 bits per heavy atom. The summed E-state index contributed by atoms with van der Waals surface area (Å²) in [6.07, 6.45) is 0.986. The van der Waals surface area contributed by atoms with E-state index in [1.807, 2.05) is 57.2 Å². The minimum absolute atomic E-state index is 0.105. The van der Waals surface area contributed by atoms with Crippen molar-refractivity contribution < 1.29 is 23.8 Å². The average Bonchev–Trinajstić information content (AvgIpc) is 3.41. The number of hydrogen-bond acceptors (Lipinski definition) is 9. The zero-order valence-electron chi connectivity index (χ0n) is 25.0. The first-order chi connectivity index (χ1) is 20.9. The van der Waals surface area contributed by atoms with Crippen LogP contribution in [0.1, 0.15) is 44.4 Å². The Hall–Kier alpha value is -4.03. The molecule has 1 atom stereocenters. The SMILES string of the molecule is CCCSc1nc2n(n1)C(c1ccc(OCC(=O)N3CCOCC3)c(OCC)c1)C(C(=O)Nc1cccc(C)c1)=C(C)N2. The van der Waals surface area contributed by atoms with E-state index in [0.29, 0.717) is 72.5 Å². The smallest absolute Gasteiger partial charge is 0.260 e. The van der Waals surface area contributed by atoms with Crippen LogP contribution >= 0.6 is 11.8 Å². The van der Waals surface area contributed by atoms with Gasteiger partial charge in [-0.15, -0.1) is 5.10 Å². The van der Waals surface area contributed by atoms with E-state index in [4.69, 9.17) is 24.3 Å². The second-order valence-corrected chi connectivity index (χ2v) is 11.4. The second kappa shape index (κ2) is 14.0. The standard InChI is InChI=1S/C31H38N6O5S/c1-5-16-43-31-34-30-32-21(4)27(29(39)33-23-9-7-8-20(3)17-23)28(37(30)35-31)22-10-11-24(25(18-22)41-6-2)42-19-26(38)36-12-14-40-15-13-36/h7-11,17-18,28H,5-6,12-16,19H2,1-4H3,(H,33,39)(H,32,34,35). The number of nitrogens with one attached hydrogen (secondary N) is 2. The Balaban J connectivity index is 1.48. The van der Waals surface area contributed by atoms with Crippen LogP contribution in [0.4, 0.5) is 11.6 Å². The first kappa shape index (κ1) is 30.4. The zero-order chi connectivity index (χ0) is 30.3. The monoisotopic (exact) mass is 606 g/mol. The van der Waals surface area contributed by atoms with Gasteiger partial charge in [0.25, 0.3) is 11.8 Å². The van der Waals surface area contributed by atoms with Crippen molar-refractivity contribution in [2.45, 2.75) is 45.3 Å². The summed E-state index contributed by atoms with van der Waals surface area (Å²) in [5.74, 6) is 2.01. The van der Waals surface area contributed by atoms with Crippen LogP contribution in [-0.2, 0) is 14.3 Å². The number of rotatable bonds is 11. The molecule has 0 spiro atoms. The quantitative estimate of drug-likeness (QED) is 0.301. The third-order valence-electron chi connectivity index (χ3n) is 7.09. The molecular weight excluding hydrogens is 568 g/mol. The van der Waals surface area contributed by atoms with Crippen LogP contribution < -0.4 is 20.1 Å². The third kappa shape index (κ3) is 7.14. The summed E-state index contributed by atoms with van der Waals surface area (Å²) < 4.78 is 19.0. The van der Waals surface area contributed by atoms with Gasteiger partial charge in [-0.2, -0.15) is 4.98 Å². The molecule has 11 nitrogen and oxygen atoms in total. The Labute approximate surface area is 256 Å². The molecule has 2 aromatic carbocycles. The first-order valence-electron chi connectivity index (χ1n) is 14.6. The van der Waals surface area contributed by atoms with E-state index in [9.17, 15) is 9.59 Å². The number of amides is 2. The number of thioether (sulfide) groups is 1. The van der Waals surface area contributed by atoms with Crippen LogP contribution in [0.3, 0.4) is 0 Å². The molecule has 2 aliphatic rings. The molecule has 1 saturated heterocycles. The molecule has 3 aromatic rings. The van der Waals surface area contributed by atoms with Crippen molar-refractivity contribution in [3.63, 3.8) is 0 Å². The Kier molecular flexibility index (Phi) is 9.88. The number of allylic oxidation sites excluding steroid dienone is 1. The topological polar surface area (TPSA) is 120 Å². The fourth-order valence-electron chi connectivity index (χ4n) is 5.04. The molecule has 228 valence electrons. The third-order valence-corrected chi connectivity index (χ3v) is 8.13. The largest absolute Gasteiger partial charge is 0.490 e. The predicted molar refractivity (Wildman–Crippen MR) is 166 cm³/mol. The number of carbonyl (C=O) groups excluding carboxylic acids is 2. The number of anilines is 2. The summed E-state index contributed by atoms with van der Waals surface area (Å²) in [5, 5.41) is 11.8. The summed E-state index contributed by atoms with van der Waals surface area (Å²) >= 11 is 1.57. The maximum absolute atomic E-state index is 13.9. The van der Waals surface area contributed by atoms with E-state index in [0.717, 1.165) is 23.3 Å². The highest BCUT2D eigenvalue weighted by molar-refractivity contribution is 7.99. The number of fused-ring (bicyclic) bond motifs is 1. The number of morpholine rings is 1. The molecule has 3 heterocycles. The van der Waals surface area contributed by atoms with Crippen molar-refractivity contribution in [3.05, 3.63) is 64.9 Å². The number of aromatic nitrogens is 3. The van der Waals surface area contributed by atoms with E-state index in [1.165, 1.54) is 0 Å². The van der Waals surface area contributed by atoms with Crippen LogP contribution in [0.2, 0.25) is 0 Å². The number of ether oxygens (including phenoxy) is 3. The Morgan fingerprint density at radius 1 is 1.09 bits per heavy atom. The van der Waals surface area contributed by atoms with E-state index >= 15 is 0 Å². The molecule has 1 aromatic heterocycles. The molecule has 0 bridgehead atoms. The summed E-state index contributed by atoms with van der Waals surface area (Å²) in [6, 6.07) is 12.6. The molecule has 2 N–H and O–H groups in total. The molecular formula is C31H38N6O5S. The highest BCUT2D eigenvalue weighted by Gasteiger charge is 2.35. The Bertz CT molecular complexity index is 1500. The highest BCUT2D eigenvalue weighted by Crippen LogP contribution is 2.40. The van der Waals surface area contributed by atoms with E-state index in [2.05, 4.69) is 17.6 Å². The van der Waals surface area contributed by atoms with Crippen molar-refractivity contribution >= 4 is 35.2 Å². The van der Waals surface area contributed by atoms with Gasteiger partial charge < -0.3 is 29.7 Å². The van der Waals surface area contributed by atoms with Crippen molar-refractivity contribution in [1.82, 2.24) is 19.7 Å². The van der Waals surface area contributed by atoms with Gasteiger partial charge in [-0.3, -0.25) is 9.59 Å². The van der Waals surface area contributed by atoms with Crippen LogP contribution in [-0.4, -0.2) is 76.7 Å². The number of carbonyl (C=O) groups is 2. The maximum Gasteiger partial charge on any atom is 0.260 e. The number of nitrogens with zero attached hydrogens (tertiary/aromatic N) is 4. The lowest BCUT2D eigenvalue weighted by molar-refractivity contribution is -0.137. The lowest BCUT2D eigenvalue weighted by Crippen LogP contribution is -2.43. The molecule has 0 saturated carbocycles. The number of hydrogen-bond donors (Lipinski definition) is 2. The molecule has 0 radical (unpaired) electrons. The molecule has 2 aliphatic heterocycles. The van der Waals surface area contributed by atoms with Crippen LogP contribution in [0.25, 0.3) is 0 Å². The van der Waals surface area contributed by atoms with Gasteiger partial charge in [0, 0.05) is 30.2 Å². The molecule has 5 rings (SSSR count). The predicted octanol–water partition coefficient (Wildman–Crippen LogP) is 4.65. The van der Waals surface area contributed by atoms with Crippen LogP contribution in [0.5, 0.6) is 11.5 Å². The van der Waals surface area contributed by atoms with Gasteiger partial charge in [0.2, 0.25) is 11.1 Å². The molecule has 0 aliphatic carbocycles. The van der Waals surface area contributed by atoms with Gasteiger partial charge in [0.15, 0.2) is 18.1 Å². The van der Waals surface area contributed by atoms with Gasteiger partial charge >= 0.3 is 0 Å². The lowest BCUT2D eigenvalue weighted by atomic mass is 9.94. The van der Waals surface area contributed by atoms with Crippen molar-refractivity contribution in [3.8, 4) is 11.5 Å². The van der Waals surface area contributed by atoms with Gasteiger partial charge in [0.1, 0.15) is 6.04 Å². The minimum Gasteiger partial charge on any atom is -0.490 e. The van der Waals surface area contributed by atoms with Gasteiger partial charge in [-0.1, -0.05) is 36.9 Å². The maximum atomic E-state index is 13.9. The molecule has 12 heteroatoms. The van der Waals surface area contributed by atoms with Crippen molar-refractivity contribution in [2.24, 2.45) is 0 Å². The lowest BCUT2D eigenvalue weighted by Gasteiger charge is -2.29. The van der Waals surface area contributed by atoms with Gasteiger partial charge in [-0.05, 0) is 62.6 Å². The van der Waals surface area contributed by atoms with Crippen molar-refractivity contribution in [2.75, 3.05) is 55.9 Å². The number of aryl methyl sites for hydroxylation is 1. The summed E-state index contributed by atoms with van der Waals surface area (Å²) in [6.45, 7) is 10.3. The van der Waals surface area contributed by atoms with Crippen molar-refractivity contribution in [1.29, 1.82) is 0 Å². The summed E-state index contributed by atoms with van der Waals surface area (Å²) in [4.78, 5) is 33.0. The average molecular weight is 607 g/mol. The van der Waals surface area contributed by atoms with E-state index in [1.54, 1.807) is 27.4 Å². The molecule has 1 fully saturated rings. The zero-order valence-corrected chi connectivity index (χ0v) is 25.8. The fraction of sp³-hybridized carbons (Fsp3) is 0.419. The van der Waals surface area contributed by atoms with Gasteiger partial charge in [0.05, 0.1) is 25.4 Å². The highest BCUT2D eigenvalue weighted by atomic mass is 32.2. The normalized spacial score (nSPS) is 16.4. The van der Waals surface area contributed by atoms with Gasteiger partial charge in [-0.25, -0.2) is 4.68 Å². The fourth-order valence-corrected chi connectivity index (χ4v) is 5.72. The molecule has 43 heavy (non-hydrogen) atoms. The summed E-state index contributed by atoms with van der Waals surface area (Å²) in [5.41, 5.74) is 3.70. The van der Waals surface area contributed by atoms with E-state index < -0.39 is 6.04 Å². The summed E-state index contributed by atoms with van der Waals surface area (Å²) in [7, 11) is 0. The second-order valence-electron chi connectivity index (χ2n) is 10.3. The minimum atomic E-state index is -0.590. The molecule has 1 unspecified atom stereocenters.